The van der Waals surface area contributed by atoms with Gasteiger partial charge in [0.1, 0.15) is 5.92 Å². The molecule has 1 aromatic rings. The van der Waals surface area contributed by atoms with E-state index in [0.717, 1.165) is 0 Å². The Bertz CT molecular complexity index is 382. The van der Waals surface area contributed by atoms with E-state index in [4.69, 9.17) is 21.8 Å². The number of aliphatic carboxylic acids is 2. The van der Waals surface area contributed by atoms with E-state index in [-0.39, 0.29) is 10.8 Å². The van der Waals surface area contributed by atoms with Crippen LogP contribution in [0.25, 0.3) is 0 Å². The van der Waals surface area contributed by atoms with Gasteiger partial charge in [-0.15, -0.1) is 0 Å². The van der Waals surface area contributed by atoms with E-state index in [0.29, 0.717) is 0 Å². The van der Waals surface area contributed by atoms with E-state index in [9.17, 15) is 9.59 Å². The van der Waals surface area contributed by atoms with Crippen LogP contribution >= 0.6 is 11.6 Å². The van der Waals surface area contributed by atoms with Crippen LogP contribution in [0, 0.1) is 0 Å². The van der Waals surface area contributed by atoms with Crippen molar-refractivity contribution < 1.29 is 19.8 Å². The second-order valence-corrected chi connectivity index (χ2v) is 3.38. The summed E-state index contributed by atoms with van der Waals surface area (Å²) in [4.78, 5) is 25.1. The van der Waals surface area contributed by atoms with Crippen LogP contribution in [-0.2, 0) is 16.6 Å². The molecule has 82 valence electrons. The molecule has 0 amide bonds. The van der Waals surface area contributed by atoms with E-state index >= 15 is 0 Å². The third kappa shape index (κ3) is 2.47. The molecule has 6 nitrogen and oxygen atoms in total. The number of hydrogen-bond acceptors (Lipinski definition) is 3. The van der Waals surface area contributed by atoms with Crippen LogP contribution in [0.5, 0.6) is 0 Å². The predicted molar refractivity (Wildman–Crippen MR) is 50.8 cm³/mol. The summed E-state index contributed by atoms with van der Waals surface area (Å²) in [5.41, 5.74) is 0.201. The molecule has 1 unspecified atom stereocenters. The molecule has 0 aliphatic rings. The Kier molecular flexibility index (Phi) is 3.31. The first-order valence-corrected chi connectivity index (χ1v) is 4.42. The van der Waals surface area contributed by atoms with Gasteiger partial charge in [-0.2, -0.15) is 0 Å². The van der Waals surface area contributed by atoms with Crippen LogP contribution in [0.1, 0.15) is 18.0 Å². The third-order valence-corrected chi connectivity index (χ3v) is 2.23. The maximum absolute atomic E-state index is 10.9. The van der Waals surface area contributed by atoms with Gasteiger partial charge in [0, 0.05) is 7.05 Å². The fourth-order valence-electron chi connectivity index (χ4n) is 1.28. The summed E-state index contributed by atoms with van der Waals surface area (Å²) < 4.78 is 1.41. The number of rotatable bonds is 4. The SMILES string of the molecule is Cn1cnc(Cl)c1C(CC(=O)O)C(=O)O. The fourth-order valence-corrected chi connectivity index (χ4v) is 1.58. The standard InChI is InChI=1S/C8H9ClN2O4/c1-11-3-10-7(9)6(11)4(8(14)15)2-5(12)13/h3-4H,2H2,1H3,(H,12,13)(H,14,15). The lowest BCUT2D eigenvalue weighted by Crippen LogP contribution is -2.18. The molecule has 1 rings (SSSR count). The van der Waals surface area contributed by atoms with Gasteiger partial charge in [0.25, 0.3) is 0 Å². The zero-order chi connectivity index (χ0) is 11.6. The van der Waals surface area contributed by atoms with Gasteiger partial charge < -0.3 is 14.8 Å². The molecule has 1 aromatic heterocycles. The van der Waals surface area contributed by atoms with Gasteiger partial charge in [0.2, 0.25) is 0 Å². The van der Waals surface area contributed by atoms with Gasteiger partial charge in [-0.3, -0.25) is 9.59 Å². The highest BCUT2D eigenvalue weighted by molar-refractivity contribution is 6.30. The monoisotopic (exact) mass is 232 g/mol. The van der Waals surface area contributed by atoms with Gasteiger partial charge in [0.15, 0.2) is 5.15 Å². The Morgan fingerprint density at radius 3 is 2.53 bits per heavy atom. The van der Waals surface area contributed by atoms with E-state index < -0.39 is 24.3 Å². The van der Waals surface area contributed by atoms with Crippen molar-refractivity contribution in [3.63, 3.8) is 0 Å². The number of hydrogen-bond donors (Lipinski definition) is 2. The Morgan fingerprint density at radius 2 is 2.20 bits per heavy atom. The van der Waals surface area contributed by atoms with Crippen molar-refractivity contribution in [2.45, 2.75) is 12.3 Å². The first-order chi connectivity index (χ1) is 6.93. The summed E-state index contributed by atoms with van der Waals surface area (Å²) in [6.45, 7) is 0. The number of carboxylic acid groups (broad SMARTS) is 2. The summed E-state index contributed by atoms with van der Waals surface area (Å²) in [7, 11) is 1.56. The maximum Gasteiger partial charge on any atom is 0.313 e. The summed E-state index contributed by atoms with van der Waals surface area (Å²) in [5, 5.41) is 17.5. The maximum atomic E-state index is 10.9. The van der Waals surface area contributed by atoms with E-state index in [2.05, 4.69) is 4.98 Å². The summed E-state index contributed by atoms with van der Waals surface area (Å²) in [5.74, 6) is -3.61. The number of halogens is 1. The average molecular weight is 233 g/mol. The molecule has 2 N–H and O–H groups in total. The molecule has 0 fully saturated rings. The van der Waals surface area contributed by atoms with Crippen LogP contribution in [-0.4, -0.2) is 31.7 Å². The van der Waals surface area contributed by atoms with E-state index in [1.165, 1.54) is 10.9 Å². The van der Waals surface area contributed by atoms with Crippen molar-refractivity contribution >= 4 is 23.5 Å². The molecule has 0 aromatic carbocycles. The fraction of sp³-hybridized carbons (Fsp3) is 0.375. The molecule has 0 spiro atoms. The molecule has 0 aliphatic carbocycles. The molecule has 1 heterocycles. The second kappa shape index (κ2) is 4.31. The van der Waals surface area contributed by atoms with Gasteiger partial charge in [-0.25, -0.2) is 4.98 Å². The van der Waals surface area contributed by atoms with E-state index in [1.807, 2.05) is 0 Å². The van der Waals surface area contributed by atoms with Crippen molar-refractivity contribution in [2.24, 2.45) is 7.05 Å². The van der Waals surface area contributed by atoms with Crippen molar-refractivity contribution in [3.8, 4) is 0 Å². The van der Waals surface area contributed by atoms with Crippen molar-refractivity contribution in [1.29, 1.82) is 0 Å². The van der Waals surface area contributed by atoms with Gasteiger partial charge >= 0.3 is 11.9 Å². The number of imidazole rings is 1. The quantitative estimate of drug-likeness (QED) is 0.798. The Labute approximate surface area is 90.1 Å². The van der Waals surface area contributed by atoms with Crippen LogP contribution in [0.15, 0.2) is 6.33 Å². The van der Waals surface area contributed by atoms with Gasteiger partial charge in [0.05, 0.1) is 18.4 Å². The second-order valence-electron chi connectivity index (χ2n) is 3.02. The topological polar surface area (TPSA) is 92.4 Å². The molecule has 0 aliphatic heterocycles. The highest BCUT2D eigenvalue weighted by atomic mass is 35.5. The number of nitrogens with zero attached hydrogens (tertiary/aromatic N) is 2. The summed E-state index contributed by atoms with van der Waals surface area (Å²) in [6, 6.07) is 0. The normalized spacial score (nSPS) is 12.4. The third-order valence-electron chi connectivity index (χ3n) is 1.94. The van der Waals surface area contributed by atoms with Crippen LogP contribution < -0.4 is 0 Å². The van der Waals surface area contributed by atoms with Crippen LogP contribution in [0.2, 0.25) is 5.15 Å². The molecular formula is C8H9ClN2O4. The van der Waals surface area contributed by atoms with Crippen molar-refractivity contribution in [2.75, 3.05) is 0 Å². The minimum absolute atomic E-state index is 0.0196. The zero-order valence-corrected chi connectivity index (χ0v) is 8.60. The molecule has 0 bridgehead atoms. The highest BCUT2D eigenvalue weighted by Gasteiger charge is 2.28. The minimum Gasteiger partial charge on any atom is -0.481 e. The molecule has 0 radical (unpaired) electrons. The zero-order valence-electron chi connectivity index (χ0n) is 7.85. The largest absolute Gasteiger partial charge is 0.481 e. The molecule has 7 heteroatoms. The molecule has 15 heavy (non-hydrogen) atoms. The van der Waals surface area contributed by atoms with Crippen LogP contribution in [0.4, 0.5) is 0 Å². The first-order valence-electron chi connectivity index (χ1n) is 4.04. The lowest BCUT2D eigenvalue weighted by atomic mass is 10.0. The number of aromatic nitrogens is 2. The summed E-state index contributed by atoms with van der Waals surface area (Å²) >= 11 is 5.68. The molecule has 1 atom stereocenters. The number of carbonyl (C=O) groups is 2. The summed E-state index contributed by atoms with van der Waals surface area (Å²) in [6.07, 6.45) is 0.823. The van der Waals surface area contributed by atoms with E-state index in [1.54, 1.807) is 7.05 Å². The lowest BCUT2D eigenvalue weighted by Gasteiger charge is -2.10. The average Bonchev–Trinajstić information content (AvgIpc) is 2.42. The molecular weight excluding hydrogens is 224 g/mol. The Hall–Kier alpha value is -1.56. The highest BCUT2D eigenvalue weighted by Crippen LogP contribution is 2.25. The minimum atomic E-state index is -1.23. The molecule has 0 saturated carbocycles. The number of aryl methyl sites for hydroxylation is 1. The van der Waals surface area contributed by atoms with Gasteiger partial charge in [-0.05, 0) is 0 Å². The molecule has 0 saturated heterocycles. The Morgan fingerprint density at radius 1 is 1.60 bits per heavy atom. The lowest BCUT2D eigenvalue weighted by molar-refractivity contribution is -0.145. The van der Waals surface area contributed by atoms with Gasteiger partial charge in [-0.1, -0.05) is 11.6 Å². The Balaban J connectivity index is 3.09. The number of carboxylic acids is 2. The smallest absolute Gasteiger partial charge is 0.313 e. The van der Waals surface area contributed by atoms with Crippen molar-refractivity contribution in [1.82, 2.24) is 9.55 Å². The first kappa shape index (κ1) is 11.5. The van der Waals surface area contributed by atoms with Crippen molar-refractivity contribution in [3.05, 3.63) is 17.2 Å². The van der Waals surface area contributed by atoms with Crippen LogP contribution in [0.3, 0.4) is 0 Å². The predicted octanol–water partition coefficient (Wildman–Crippen LogP) is 0.716.